The molecule has 2 heterocycles. The molecule has 0 amide bonds. The van der Waals surface area contributed by atoms with Gasteiger partial charge in [0.1, 0.15) is 0 Å². The van der Waals surface area contributed by atoms with Crippen LogP contribution < -0.4 is 4.74 Å². The number of nitrogens with one attached hydrogen (secondary N) is 1. The van der Waals surface area contributed by atoms with Gasteiger partial charge in [-0.3, -0.25) is 0 Å². The van der Waals surface area contributed by atoms with E-state index < -0.39 is 0 Å². The van der Waals surface area contributed by atoms with Gasteiger partial charge in [0.2, 0.25) is 0 Å². The second kappa shape index (κ2) is 10.5. The van der Waals surface area contributed by atoms with Crippen LogP contribution in [-0.4, -0.2) is 48.7 Å². The SMILES string of the molecule is CCOC(=O)c1[nH]c(C)c(C)c1OCCCCN1CCC(c2ccccc2)CC1. The topological polar surface area (TPSA) is 54.6 Å². The van der Waals surface area contributed by atoms with Gasteiger partial charge in [0.05, 0.1) is 13.2 Å². The highest BCUT2D eigenvalue weighted by Crippen LogP contribution is 2.29. The van der Waals surface area contributed by atoms with Crippen LogP contribution in [0.4, 0.5) is 0 Å². The molecule has 1 N–H and O–H groups in total. The van der Waals surface area contributed by atoms with E-state index in [-0.39, 0.29) is 5.97 Å². The summed E-state index contributed by atoms with van der Waals surface area (Å²) in [5.41, 5.74) is 3.85. The van der Waals surface area contributed by atoms with Crippen molar-refractivity contribution in [3.63, 3.8) is 0 Å². The average Bonchev–Trinajstić information content (AvgIpc) is 3.03. The van der Waals surface area contributed by atoms with E-state index in [1.807, 2.05) is 20.8 Å². The van der Waals surface area contributed by atoms with Crippen molar-refractivity contribution in [2.45, 2.75) is 52.4 Å². The molecule has 158 valence electrons. The lowest BCUT2D eigenvalue weighted by molar-refractivity contribution is 0.0515. The van der Waals surface area contributed by atoms with Gasteiger partial charge in [0.15, 0.2) is 11.4 Å². The lowest BCUT2D eigenvalue weighted by Crippen LogP contribution is -2.33. The molecule has 2 aromatic rings. The van der Waals surface area contributed by atoms with E-state index in [1.54, 1.807) is 0 Å². The number of aryl methyl sites for hydroxylation is 1. The Balaban J connectivity index is 1.38. The Labute approximate surface area is 174 Å². The van der Waals surface area contributed by atoms with E-state index >= 15 is 0 Å². The van der Waals surface area contributed by atoms with Gasteiger partial charge in [-0.25, -0.2) is 4.79 Å². The van der Waals surface area contributed by atoms with E-state index in [9.17, 15) is 4.79 Å². The van der Waals surface area contributed by atoms with Crippen molar-refractivity contribution in [2.24, 2.45) is 0 Å². The van der Waals surface area contributed by atoms with Crippen LogP contribution in [0.15, 0.2) is 30.3 Å². The number of hydrogen-bond donors (Lipinski definition) is 1. The van der Waals surface area contributed by atoms with Crippen molar-refractivity contribution in [3.8, 4) is 5.75 Å². The molecule has 5 heteroatoms. The molecule has 29 heavy (non-hydrogen) atoms. The molecule has 1 aromatic carbocycles. The van der Waals surface area contributed by atoms with Crippen LogP contribution in [-0.2, 0) is 4.74 Å². The minimum atomic E-state index is -0.347. The maximum atomic E-state index is 12.1. The molecule has 5 nitrogen and oxygen atoms in total. The molecule has 0 unspecified atom stereocenters. The highest BCUT2D eigenvalue weighted by atomic mass is 16.5. The minimum absolute atomic E-state index is 0.347. The zero-order valence-corrected chi connectivity index (χ0v) is 18.0. The predicted octanol–water partition coefficient (Wildman–Crippen LogP) is 4.85. The number of H-pyrrole nitrogens is 1. The zero-order chi connectivity index (χ0) is 20.6. The van der Waals surface area contributed by atoms with E-state index in [2.05, 4.69) is 40.2 Å². The Morgan fingerprint density at radius 3 is 2.55 bits per heavy atom. The number of likely N-dealkylation sites (tertiary alicyclic amines) is 1. The fraction of sp³-hybridized carbons (Fsp3) is 0.542. The van der Waals surface area contributed by atoms with Gasteiger partial charge in [-0.2, -0.15) is 0 Å². The van der Waals surface area contributed by atoms with Crippen molar-refractivity contribution < 1.29 is 14.3 Å². The second-order valence-electron chi connectivity index (χ2n) is 7.88. The number of ether oxygens (including phenoxy) is 2. The number of rotatable bonds is 9. The van der Waals surface area contributed by atoms with Crippen molar-refractivity contribution in [2.75, 3.05) is 32.8 Å². The third kappa shape index (κ3) is 5.63. The van der Waals surface area contributed by atoms with E-state index in [1.165, 1.54) is 31.5 Å². The number of carbonyl (C=O) groups is 1. The number of aromatic amines is 1. The largest absolute Gasteiger partial charge is 0.491 e. The van der Waals surface area contributed by atoms with E-state index in [4.69, 9.17) is 9.47 Å². The molecule has 1 saturated heterocycles. The van der Waals surface area contributed by atoms with Crippen LogP contribution in [0.5, 0.6) is 5.75 Å². The molecule has 1 aliphatic heterocycles. The first-order chi connectivity index (χ1) is 14.1. The second-order valence-corrected chi connectivity index (χ2v) is 7.88. The Hall–Kier alpha value is -2.27. The average molecular weight is 399 g/mol. The van der Waals surface area contributed by atoms with Gasteiger partial charge in [-0.05, 0) is 77.6 Å². The summed E-state index contributed by atoms with van der Waals surface area (Å²) in [6.45, 7) is 10.2. The number of hydrogen-bond acceptors (Lipinski definition) is 4. The first kappa shape index (κ1) is 21.4. The molecular formula is C24H34N2O3. The van der Waals surface area contributed by atoms with Gasteiger partial charge >= 0.3 is 5.97 Å². The van der Waals surface area contributed by atoms with Crippen molar-refractivity contribution in [1.82, 2.24) is 9.88 Å². The van der Waals surface area contributed by atoms with Crippen LogP contribution >= 0.6 is 0 Å². The first-order valence-corrected chi connectivity index (χ1v) is 10.9. The number of benzene rings is 1. The highest BCUT2D eigenvalue weighted by Gasteiger charge is 2.21. The summed E-state index contributed by atoms with van der Waals surface area (Å²) in [4.78, 5) is 17.8. The Kier molecular flexibility index (Phi) is 7.76. The molecule has 0 radical (unpaired) electrons. The highest BCUT2D eigenvalue weighted by molar-refractivity contribution is 5.91. The summed E-state index contributed by atoms with van der Waals surface area (Å²) in [6.07, 6.45) is 4.56. The molecule has 3 rings (SSSR count). The predicted molar refractivity (Wildman–Crippen MR) is 116 cm³/mol. The monoisotopic (exact) mass is 398 g/mol. The smallest absolute Gasteiger partial charge is 0.358 e. The van der Waals surface area contributed by atoms with E-state index in [0.29, 0.717) is 30.6 Å². The summed E-state index contributed by atoms with van der Waals surface area (Å²) in [5, 5.41) is 0. The first-order valence-electron chi connectivity index (χ1n) is 10.9. The van der Waals surface area contributed by atoms with Gasteiger partial charge in [0, 0.05) is 11.3 Å². The molecule has 1 fully saturated rings. The maximum absolute atomic E-state index is 12.1. The molecule has 0 aliphatic carbocycles. The Morgan fingerprint density at radius 2 is 1.86 bits per heavy atom. The lowest BCUT2D eigenvalue weighted by Gasteiger charge is -2.32. The van der Waals surface area contributed by atoms with Crippen LogP contribution in [0.25, 0.3) is 0 Å². The van der Waals surface area contributed by atoms with Crippen LogP contribution in [0, 0.1) is 13.8 Å². The summed E-state index contributed by atoms with van der Waals surface area (Å²) in [5.74, 6) is 1.00. The van der Waals surface area contributed by atoms with Crippen LogP contribution in [0.3, 0.4) is 0 Å². The third-order valence-corrected chi connectivity index (χ3v) is 5.90. The van der Waals surface area contributed by atoms with Crippen LogP contribution in [0.2, 0.25) is 0 Å². The molecule has 0 bridgehead atoms. The van der Waals surface area contributed by atoms with Gasteiger partial charge in [-0.1, -0.05) is 30.3 Å². The normalized spacial score (nSPS) is 15.4. The zero-order valence-electron chi connectivity index (χ0n) is 18.0. The fourth-order valence-electron chi connectivity index (χ4n) is 4.05. The summed E-state index contributed by atoms with van der Waals surface area (Å²) in [7, 11) is 0. The third-order valence-electron chi connectivity index (χ3n) is 5.90. The molecule has 0 spiro atoms. The molecule has 1 aliphatic rings. The minimum Gasteiger partial charge on any atom is -0.491 e. The fourth-order valence-corrected chi connectivity index (χ4v) is 4.05. The van der Waals surface area contributed by atoms with E-state index in [0.717, 1.165) is 30.6 Å². The number of unbranched alkanes of at least 4 members (excludes halogenated alkanes) is 1. The Bertz CT molecular complexity index is 777. The van der Waals surface area contributed by atoms with Crippen molar-refractivity contribution in [3.05, 3.63) is 52.8 Å². The maximum Gasteiger partial charge on any atom is 0.358 e. The molecule has 1 aromatic heterocycles. The van der Waals surface area contributed by atoms with Gasteiger partial charge in [0.25, 0.3) is 0 Å². The standard InChI is InChI=1S/C24H34N2O3/c1-4-28-24(27)22-23(18(2)19(3)25-22)29-17-9-8-14-26-15-12-21(13-16-26)20-10-6-5-7-11-20/h5-7,10-11,21,25H,4,8-9,12-17H2,1-3H3. The number of esters is 1. The Morgan fingerprint density at radius 1 is 1.14 bits per heavy atom. The number of piperidine rings is 1. The molecule has 0 atom stereocenters. The summed E-state index contributed by atoms with van der Waals surface area (Å²) in [6, 6.07) is 10.9. The molecular weight excluding hydrogens is 364 g/mol. The van der Waals surface area contributed by atoms with Crippen molar-refractivity contribution >= 4 is 5.97 Å². The summed E-state index contributed by atoms with van der Waals surface area (Å²) < 4.78 is 11.1. The lowest BCUT2D eigenvalue weighted by atomic mass is 9.89. The summed E-state index contributed by atoms with van der Waals surface area (Å²) >= 11 is 0. The quantitative estimate of drug-likeness (QED) is 0.485. The van der Waals surface area contributed by atoms with Gasteiger partial charge < -0.3 is 19.4 Å². The van der Waals surface area contributed by atoms with Crippen LogP contribution in [0.1, 0.15) is 65.8 Å². The number of aromatic nitrogens is 1. The van der Waals surface area contributed by atoms with Gasteiger partial charge in [-0.15, -0.1) is 0 Å². The van der Waals surface area contributed by atoms with Crippen molar-refractivity contribution in [1.29, 1.82) is 0 Å². The number of carbonyl (C=O) groups excluding carboxylic acids is 1. The number of nitrogens with zero attached hydrogens (tertiary/aromatic N) is 1. The molecule has 0 saturated carbocycles.